The van der Waals surface area contributed by atoms with Crippen LogP contribution in [-0.4, -0.2) is 73.5 Å². The van der Waals surface area contributed by atoms with Crippen molar-refractivity contribution in [2.75, 3.05) is 32.1 Å². The van der Waals surface area contributed by atoms with Crippen LogP contribution in [0.3, 0.4) is 0 Å². The molecule has 0 amide bonds. The molecule has 2 rings (SSSR count). The van der Waals surface area contributed by atoms with Gasteiger partial charge in [-0.3, -0.25) is 4.55 Å². The first kappa shape index (κ1) is 22.2. The number of aliphatic hydroxyl groups excluding tert-OH is 1. The molecule has 0 unspecified atom stereocenters. The number of hydrogen-bond donors (Lipinski definition) is 4. The van der Waals surface area contributed by atoms with Crippen molar-refractivity contribution in [1.29, 1.82) is 0 Å². The molecule has 27 heavy (non-hydrogen) atoms. The molecule has 154 valence electrons. The molecule has 0 saturated carbocycles. The Labute approximate surface area is 159 Å². The predicted molar refractivity (Wildman–Crippen MR) is 99.4 cm³/mol. The summed E-state index contributed by atoms with van der Waals surface area (Å²) in [7, 11) is -4.03. The molecule has 1 atom stereocenters. The van der Waals surface area contributed by atoms with Crippen molar-refractivity contribution in [2.24, 2.45) is 0 Å². The molecule has 0 aromatic heterocycles. The van der Waals surface area contributed by atoms with Gasteiger partial charge in [-0.15, -0.1) is 0 Å². The summed E-state index contributed by atoms with van der Waals surface area (Å²) in [4.78, 5) is 0. The standard InChI is InChI=1S/C16H27BNO8S/c1-14(24-10-15-6-3-2-4-7-15)17(20)25-12-16(11-19,13-26-17)18-8-5-9-27(21,22)23/h2-4,6-7,14,18-20H,5,8-13H2,1H3,(H,21,22,23)/q-1/t14-,16?,17?/m0/s1. The average molecular weight is 404 g/mol. The van der Waals surface area contributed by atoms with Crippen molar-refractivity contribution in [3.05, 3.63) is 35.9 Å². The highest BCUT2D eigenvalue weighted by atomic mass is 32.2. The fourth-order valence-corrected chi connectivity index (χ4v) is 3.21. The minimum absolute atomic E-state index is 0.0368. The van der Waals surface area contributed by atoms with E-state index in [4.69, 9.17) is 18.6 Å². The highest BCUT2D eigenvalue weighted by molar-refractivity contribution is 7.85. The topological polar surface area (TPSA) is 135 Å². The van der Waals surface area contributed by atoms with Crippen LogP contribution in [0.1, 0.15) is 18.9 Å². The Morgan fingerprint density at radius 3 is 2.48 bits per heavy atom. The van der Waals surface area contributed by atoms with Gasteiger partial charge in [0.15, 0.2) is 0 Å². The molecule has 11 heteroatoms. The third-order valence-electron chi connectivity index (χ3n) is 4.53. The lowest BCUT2D eigenvalue weighted by molar-refractivity contribution is -0.0692. The molecule has 0 radical (unpaired) electrons. The predicted octanol–water partition coefficient (Wildman–Crippen LogP) is -0.292. The van der Waals surface area contributed by atoms with Crippen LogP contribution in [0.2, 0.25) is 0 Å². The number of rotatable bonds is 10. The van der Waals surface area contributed by atoms with Gasteiger partial charge in [0.25, 0.3) is 10.1 Å². The first-order chi connectivity index (χ1) is 12.7. The van der Waals surface area contributed by atoms with Crippen LogP contribution in [-0.2, 0) is 30.8 Å². The van der Waals surface area contributed by atoms with Crippen LogP contribution in [0.15, 0.2) is 30.3 Å². The van der Waals surface area contributed by atoms with Gasteiger partial charge in [-0.2, -0.15) is 8.42 Å². The van der Waals surface area contributed by atoms with E-state index in [1.807, 2.05) is 30.3 Å². The number of ether oxygens (including phenoxy) is 1. The number of aliphatic hydroxyl groups is 1. The van der Waals surface area contributed by atoms with Gasteiger partial charge in [-0.25, -0.2) is 0 Å². The van der Waals surface area contributed by atoms with E-state index >= 15 is 0 Å². The third-order valence-corrected chi connectivity index (χ3v) is 5.33. The summed E-state index contributed by atoms with van der Waals surface area (Å²) in [6.07, 6.45) is 0.159. The van der Waals surface area contributed by atoms with Crippen molar-refractivity contribution >= 4 is 16.9 Å². The second kappa shape index (κ2) is 9.44. The summed E-state index contributed by atoms with van der Waals surface area (Å²) < 4.78 is 46.9. The first-order valence-corrected chi connectivity index (χ1v) is 10.4. The Balaban J connectivity index is 1.83. The van der Waals surface area contributed by atoms with Gasteiger partial charge in [-0.05, 0) is 18.5 Å². The molecule has 1 saturated heterocycles. The highest BCUT2D eigenvalue weighted by Gasteiger charge is 2.43. The highest BCUT2D eigenvalue weighted by Crippen LogP contribution is 2.23. The largest absolute Gasteiger partial charge is 0.558 e. The van der Waals surface area contributed by atoms with Crippen LogP contribution in [0.4, 0.5) is 0 Å². The molecule has 1 aliphatic rings. The van der Waals surface area contributed by atoms with Gasteiger partial charge < -0.3 is 29.5 Å². The van der Waals surface area contributed by atoms with E-state index in [2.05, 4.69) is 5.32 Å². The Morgan fingerprint density at radius 1 is 1.30 bits per heavy atom. The zero-order valence-electron chi connectivity index (χ0n) is 15.3. The van der Waals surface area contributed by atoms with Crippen LogP contribution in [0.5, 0.6) is 0 Å². The van der Waals surface area contributed by atoms with Crippen molar-refractivity contribution in [2.45, 2.75) is 31.5 Å². The maximum absolute atomic E-state index is 10.7. The molecule has 1 heterocycles. The fourth-order valence-electron chi connectivity index (χ4n) is 2.70. The van der Waals surface area contributed by atoms with Gasteiger partial charge in [0.2, 0.25) is 0 Å². The zero-order chi connectivity index (χ0) is 20.0. The van der Waals surface area contributed by atoms with E-state index in [-0.39, 0.29) is 45.1 Å². The molecule has 1 aliphatic heterocycles. The van der Waals surface area contributed by atoms with Crippen molar-refractivity contribution in [3.63, 3.8) is 0 Å². The van der Waals surface area contributed by atoms with Gasteiger partial charge in [-0.1, -0.05) is 37.3 Å². The second-order valence-electron chi connectivity index (χ2n) is 6.86. The summed E-state index contributed by atoms with van der Waals surface area (Å²) in [5.74, 6) is -0.387. The molecule has 1 fully saturated rings. The van der Waals surface area contributed by atoms with E-state index in [1.165, 1.54) is 0 Å². The minimum Gasteiger partial charge on any atom is -0.558 e. The van der Waals surface area contributed by atoms with Crippen LogP contribution in [0, 0.1) is 0 Å². The number of hydrogen-bond acceptors (Lipinski definition) is 8. The number of benzene rings is 1. The molecular formula is C16H27BNO8S-. The lowest BCUT2D eigenvalue weighted by atomic mass is 9.70. The van der Waals surface area contributed by atoms with Crippen LogP contribution >= 0.6 is 0 Å². The summed E-state index contributed by atoms with van der Waals surface area (Å²) >= 11 is 0. The van der Waals surface area contributed by atoms with E-state index in [0.29, 0.717) is 0 Å². The van der Waals surface area contributed by atoms with Gasteiger partial charge in [0.05, 0.1) is 24.5 Å². The summed E-state index contributed by atoms with van der Waals surface area (Å²) in [6.45, 7) is -0.934. The van der Waals surface area contributed by atoms with E-state index in [9.17, 15) is 18.5 Å². The van der Waals surface area contributed by atoms with E-state index in [0.717, 1.165) is 5.56 Å². The quantitative estimate of drug-likeness (QED) is 0.236. The number of nitrogens with one attached hydrogen (secondary N) is 1. The Kier molecular flexibility index (Phi) is 7.78. The molecule has 9 nitrogen and oxygen atoms in total. The normalized spacial score (nSPS) is 27.4. The van der Waals surface area contributed by atoms with Crippen LogP contribution < -0.4 is 5.32 Å². The SMILES string of the molecule is C[C@H](OCc1ccccc1)[B-]1(O)OCC(CO)(NCCCS(=O)(=O)O)CO1. The molecule has 1 aromatic rings. The molecule has 0 aliphatic carbocycles. The maximum atomic E-state index is 10.7. The first-order valence-electron chi connectivity index (χ1n) is 8.79. The minimum atomic E-state index is -4.03. The lowest BCUT2D eigenvalue weighted by Gasteiger charge is -2.51. The van der Waals surface area contributed by atoms with Gasteiger partial charge in [0, 0.05) is 19.2 Å². The smallest absolute Gasteiger partial charge is 0.404 e. The Morgan fingerprint density at radius 2 is 1.93 bits per heavy atom. The Hall–Kier alpha value is -1.05. The van der Waals surface area contributed by atoms with Crippen molar-refractivity contribution in [1.82, 2.24) is 5.32 Å². The fraction of sp³-hybridized carbons (Fsp3) is 0.625. The third kappa shape index (κ3) is 6.81. The maximum Gasteiger partial charge on any atom is 0.404 e. The second-order valence-corrected chi connectivity index (χ2v) is 8.43. The lowest BCUT2D eigenvalue weighted by Crippen LogP contribution is -2.68. The van der Waals surface area contributed by atoms with E-state index in [1.54, 1.807) is 6.92 Å². The summed E-state index contributed by atoms with van der Waals surface area (Å²) in [5, 5.41) is 23.2. The van der Waals surface area contributed by atoms with Crippen molar-refractivity contribution in [3.8, 4) is 0 Å². The molecule has 4 N–H and O–H groups in total. The summed E-state index contributed by atoms with van der Waals surface area (Å²) in [6, 6.07) is 8.76. The monoisotopic (exact) mass is 404 g/mol. The zero-order valence-corrected chi connectivity index (χ0v) is 16.1. The van der Waals surface area contributed by atoms with E-state index < -0.39 is 28.4 Å². The van der Waals surface area contributed by atoms with Crippen molar-refractivity contribution < 1.29 is 37.1 Å². The molecule has 1 aromatic carbocycles. The van der Waals surface area contributed by atoms with Gasteiger partial charge in [0.1, 0.15) is 0 Å². The molecular weight excluding hydrogens is 377 g/mol. The average Bonchev–Trinajstić information content (AvgIpc) is 2.65. The van der Waals surface area contributed by atoms with Gasteiger partial charge >= 0.3 is 6.75 Å². The molecule has 0 bridgehead atoms. The Bertz CT molecular complexity index is 679. The molecule has 0 spiro atoms. The summed E-state index contributed by atoms with van der Waals surface area (Å²) in [5.41, 5.74) is -0.0171. The van der Waals surface area contributed by atoms with Crippen LogP contribution in [0.25, 0.3) is 0 Å².